The fraction of sp³-hybridized carbons (Fsp3) is 0.192. The first-order valence-corrected chi connectivity index (χ1v) is 12.2. The summed E-state index contributed by atoms with van der Waals surface area (Å²) in [5, 5.41) is 1.14. The molecule has 0 aliphatic carbocycles. The van der Waals surface area contributed by atoms with Crippen molar-refractivity contribution in [3.63, 3.8) is 0 Å². The van der Waals surface area contributed by atoms with Gasteiger partial charge in [-0.05, 0) is 29.3 Å². The first kappa shape index (κ1) is 24.2. The molecular weight excluding hydrogens is 434 g/mol. The highest BCUT2D eigenvalue weighted by molar-refractivity contribution is 7.92. The minimum Gasteiger partial charge on any atom is -0.353 e. The molecule has 1 heterocycles. The molecule has 0 saturated heterocycles. The summed E-state index contributed by atoms with van der Waals surface area (Å²) in [4.78, 5) is 15.0. The van der Waals surface area contributed by atoms with Crippen LogP contribution in [0, 0.1) is 0 Å². The van der Waals surface area contributed by atoms with Gasteiger partial charge in [0.05, 0.1) is 13.1 Å². The first-order chi connectivity index (χ1) is 15.9. The van der Waals surface area contributed by atoms with Crippen molar-refractivity contribution < 1.29 is 13.2 Å². The van der Waals surface area contributed by atoms with Crippen LogP contribution in [0.5, 0.6) is 0 Å². The van der Waals surface area contributed by atoms with Gasteiger partial charge in [0.2, 0.25) is 15.9 Å². The van der Waals surface area contributed by atoms with Gasteiger partial charge in [-0.1, -0.05) is 66.7 Å². The number of hydrogen-bond donors (Lipinski definition) is 0. The average molecular weight is 464 g/mol. The SMILES string of the molecule is C=CCN(CC(=O)N(Cc1ccccc1)Cc1cccn1C)S(=O)(=O)/C=C/c1ccccc1. The van der Waals surface area contributed by atoms with E-state index in [9.17, 15) is 13.2 Å². The monoisotopic (exact) mass is 463 g/mol. The summed E-state index contributed by atoms with van der Waals surface area (Å²) in [6.07, 6.45) is 4.94. The van der Waals surface area contributed by atoms with E-state index in [1.807, 2.05) is 90.6 Å². The topological polar surface area (TPSA) is 62.6 Å². The molecule has 0 spiro atoms. The number of carbonyl (C=O) groups is 1. The molecule has 6 nitrogen and oxygen atoms in total. The van der Waals surface area contributed by atoms with Gasteiger partial charge in [-0.2, -0.15) is 4.31 Å². The third-order valence-corrected chi connectivity index (χ3v) is 6.69. The zero-order valence-electron chi connectivity index (χ0n) is 18.7. The quantitative estimate of drug-likeness (QED) is 0.403. The van der Waals surface area contributed by atoms with E-state index in [-0.39, 0.29) is 19.0 Å². The second kappa shape index (κ2) is 11.4. The Morgan fingerprint density at radius 3 is 2.24 bits per heavy atom. The van der Waals surface area contributed by atoms with Crippen molar-refractivity contribution in [3.05, 3.63) is 114 Å². The minimum atomic E-state index is -3.83. The van der Waals surface area contributed by atoms with E-state index in [1.54, 1.807) is 4.90 Å². The van der Waals surface area contributed by atoms with Gasteiger partial charge < -0.3 is 9.47 Å². The molecule has 0 radical (unpaired) electrons. The summed E-state index contributed by atoms with van der Waals surface area (Å²) in [6.45, 7) is 4.19. The Bertz CT molecular complexity index is 1190. The van der Waals surface area contributed by atoms with Crippen LogP contribution in [0.4, 0.5) is 0 Å². The van der Waals surface area contributed by atoms with Crippen LogP contribution in [0.2, 0.25) is 0 Å². The highest BCUT2D eigenvalue weighted by Gasteiger charge is 2.25. The van der Waals surface area contributed by atoms with Gasteiger partial charge in [-0.15, -0.1) is 6.58 Å². The molecule has 7 heteroatoms. The molecule has 0 aliphatic rings. The Kier molecular flexibility index (Phi) is 8.40. The summed E-state index contributed by atoms with van der Waals surface area (Å²) in [7, 11) is -1.91. The summed E-state index contributed by atoms with van der Waals surface area (Å²) < 4.78 is 29.1. The highest BCUT2D eigenvalue weighted by Crippen LogP contribution is 2.14. The van der Waals surface area contributed by atoms with Crippen molar-refractivity contribution in [3.8, 4) is 0 Å². The van der Waals surface area contributed by atoms with Crippen LogP contribution in [0.15, 0.2) is 97.1 Å². The predicted octanol–water partition coefficient (Wildman–Crippen LogP) is 4.04. The molecule has 172 valence electrons. The lowest BCUT2D eigenvalue weighted by atomic mass is 10.2. The molecule has 1 aromatic heterocycles. The van der Waals surface area contributed by atoms with Gasteiger partial charge in [-0.3, -0.25) is 4.79 Å². The lowest BCUT2D eigenvalue weighted by Crippen LogP contribution is -2.42. The van der Waals surface area contributed by atoms with Crippen molar-refractivity contribution in [2.75, 3.05) is 13.1 Å². The van der Waals surface area contributed by atoms with Gasteiger partial charge in [-0.25, -0.2) is 8.42 Å². The fourth-order valence-electron chi connectivity index (χ4n) is 3.36. The van der Waals surface area contributed by atoms with Crippen LogP contribution in [-0.2, 0) is 35.0 Å². The minimum absolute atomic E-state index is 0.0382. The molecule has 0 unspecified atom stereocenters. The molecule has 1 amide bonds. The highest BCUT2D eigenvalue weighted by atomic mass is 32.2. The number of nitrogens with zero attached hydrogens (tertiary/aromatic N) is 3. The van der Waals surface area contributed by atoms with E-state index >= 15 is 0 Å². The van der Waals surface area contributed by atoms with E-state index in [4.69, 9.17) is 0 Å². The van der Waals surface area contributed by atoms with E-state index in [2.05, 4.69) is 6.58 Å². The van der Waals surface area contributed by atoms with Gasteiger partial charge in [0, 0.05) is 37.4 Å². The third kappa shape index (κ3) is 7.03. The predicted molar refractivity (Wildman–Crippen MR) is 132 cm³/mol. The molecule has 3 aromatic rings. The Morgan fingerprint density at radius 1 is 0.970 bits per heavy atom. The van der Waals surface area contributed by atoms with Crippen LogP contribution < -0.4 is 0 Å². The Hall–Kier alpha value is -3.42. The molecule has 0 fully saturated rings. The molecule has 3 rings (SSSR count). The maximum absolute atomic E-state index is 13.3. The molecule has 0 N–H and O–H groups in total. The van der Waals surface area contributed by atoms with E-state index in [0.717, 1.165) is 26.5 Å². The zero-order valence-corrected chi connectivity index (χ0v) is 19.6. The van der Waals surface area contributed by atoms with E-state index in [0.29, 0.717) is 13.1 Å². The molecule has 0 bridgehead atoms. The molecule has 0 saturated carbocycles. The normalized spacial score (nSPS) is 11.7. The summed E-state index contributed by atoms with van der Waals surface area (Å²) in [5.74, 6) is -0.279. The number of aromatic nitrogens is 1. The Labute approximate surface area is 196 Å². The number of rotatable bonds is 11. The number of aryl methyl sites for hydroxylation is 1. The second-order valence-electron chi connectivity index (χ2n) is 7.69. The number of amides is 1. The van der Waals surface area contributed by atoms with Gasteiger partial charge >= 0.3 is 0 Å². The number of sulfonamides is 1. The Morgan fingerprint density at radius 2 is 1.64 bits per heavy atom. The smallest absolute Gasteiger partial charge is 0.238 e. The van der Waals surface area contributed by atoms with E-state index in [1.165, 1.54) is 12.2 Å². The van der Waals surface area contributed by atoms with Crippen LogP contribution in [0.3, 0.4) is 0 Å². The van der Waals surface area contributed by atoms with Crippen LogP contribution >= 0.6 is 0 Å². The van der Waals surface area contributed by atoms with Gasteiger partial charge in [0.1, 0.15) is 0 Å². The maximum Gasteiger partial charge on any atom is 0.238 e. The van der Waals surface area contributed by atoms with Gasteiger partial charge in [0.25, 0.3) is 0 Å². The fourth-order valence-corrected chi connectivity index (χ4v) is 4.47. The summed E-state index contributed by atoms with van der Waals surface area (Å²) >= 11 is 0. The molecule has 2 aromatic carbocycles. The summed E-state index contributed by atoms with van der Waals surface area (Å²) in [5.41, 5.74) is 2.70. The lowest BCUT2D eigenvalue weighted by Gasteiger charge is -2.26. The van der Waals surface area contributed by atoms with Crippen molar-refractivity contribution in [2.45, 2.75) is 13.1 Å². The standard InChI is InChI=1S/C26H29N3O3S/c1-3-17-29(33(31,32)19-16-23-11-6-4-7-12-23)22-26(30)28(20-24-13-8-5-9-14-24)21-25-15-10-18-27(25)2/h3-16,18-19H,1,17,20-22H2,2H3/b19-16+. The van der Waals surface area contributed by atoms with Crippen LogP contribution in [0.1, 0.15) is 16.8 Å². The van der Waals surface area contributed by atoms with Crippen molar-refractivity contribution in [1.82, 2.24) is 13.8 Å². The second-order valence-corrected chi connectivity index (χ2v) is 9.50. The van der Waals surface area contributed by atoms with Crippen molar-refractivity contribution in [1.29, 1.82) is 0 Å². The zero-order chi connectivity index (χ0) is 23.7. The largest absolute Gasteiger partial charge is 0.353 e. The lowest BCUT2D eigenvalue weighted by molar-refractivity contribution is -0.132. The number of hydrogen-bond acceptors (Lipinski definition) is 3. The Balaban J connectivity index is 1.81. The molecular formula is C26H29N3O3S. The maximum atomic E-state index is 13.3. The van der Waals surface area contributed by atoms with Gasteiger partial charge in [0.15, 0.2) is 0 Å². The molecule has 0 atom stereocenters. The number of carbonyl (C=O) groups excluding carboxylic acids is 1. The first-order valence-electron chi connectivity index (χ1n) is 10.6. The average Bonchev–Trinajstić information content (AvgIpc) is 3.22. The van der Waals surface area contributed by atoms with E-state index < -0.39 is 10.0 Å². The summed E-state index contributed by atoms with van der Waals surface area (Å²) in [6, 6.07) is 22.7. The molecule has 0 aliphatic heterocycles. The van der Waals surface area contributed by atoms with Crippen LogP contribution in [0.25, 0.3) is 6.08 Å². The van der Waals surface area contributed by atoms with Crippen LogP contribution in [-0.4, -0.2) is 41.2 Å². The third-order valence-electron chi connectivity index (χ3n) is 5.21. The van der Waals surface area contributed by atoms with Crippen molar-refractivity contribution in [2.24, 2.45) is 7.05 Å². The van der Waals surface area contributed by atoms with Crippen molar-refractivity contribution >= 4 is 22.0 Å². The molecule has 33 heavy (non-hydrogen) atoms. The number of benzene rings is 2.